The second-order valence-electron chi connectivity index (χ2n) is 5.96. The summed E-state index contributed by atoms with van der Waals surface area (Å²) in [6.45, 7) is 8.50. The standard InChI is InChI=1S/C17H16O.2C3H8/c1-18-15-11-9-14(10-12-15)17-8-4-6-13-5-2-3-7-16(13)17;2*1-3-2/h2-3,5,7-12H,4,6H2,1H3;2*3H2,1-2H3. The van der Waals surface area contributed by atoms with Crippen molar-refractivity contribution < 1.29 is 4.74 Å². The zero-order valence-electron chi connectivity index (χ0n) is 15.9. The molecule has 1 aliphatic rings. The monoisotopic (exact) mass is 324 g/mol. The van der Waals surface area contributed by atoms with E-state index in [1.165, 1.54) is 35.1 Å². The molecule has 0 N–H and O–H groups in total. The third-order valence-electron chi connectivity index (χ3n) is 3.47. The van der Waals surface area contributed by atoms with Gasteiger partial charge in [-0.3, -0.25) is 0 Å². The molecule has 0 amide bonds. The lowest BCUT2D eigenvalue weighted by molar-refractivity contribution is 0.415. The normalized spacial score (nSPS) is 11.8. The molecule has 1 nitrogen and oxygen atoms in total. The first-order valence-electron chi connectivity index (χ1n) is 9.14. The second-order valence-corrected chi connectivity index (χ2v) is 5.96. The molecule has 0 radical (unpaired) electrons. The molecule has 0 saturated carbocycles. The minimum absolute atomic E-state index is 0.906. The molecule has 0 aromatic heterocycles. The van der Waals surface area contributed by atoms with Crippen LogP contribution in [-0.4, -0.2) is 7.11 Å². The summed E-state index contributed by atoms with van der Waals surface area (Å²) in [5.41, 5.74) is 5.43. The van der Waals surface area contributed by atoms with E-state index in [4.69, 9.17) is 4.74 Å². The van der Waals surface area contributed by atoms with Crippen molar-refractivity contribution in [2.24, 2.45) is 0 Å². The maximum atomic E-state index is 5.21. The van der Waals surface area contributed by atoms with E-state index in [0.717, 1.165) is 18.6 Å². The highest BCUT2D eigenvalue weighted by Gasteiger charge is 2.13. The Hall–Kier alpha value is -2.02. The maximum Gasteiger partial charge on any atom is 0.118 e. The van der Waals surface area contributed by atoms with Crippen LogP contribution in [0.25, 0.3) is 5.57 Å². The number of hydrogen-bond acceptors (Lipinski definition) is 1. The fraction of sp³-hybridized carbons (Fsp3) is 0.391. The van der Waals surface area contributed by atoms with Crippen LogP contribution in [0.3, 0.4) is 0 Å². The number of allylic oxidation sites excluding steroid dienone is 1. The van der Waals surface area contributed by atoms with Crippen molar-refractivity contribution in [3.05, 3.63) is 71.3 Å². The molecule has 0 spiro atoms. The van der Waals surface area contributed by atoms with Gasteiger partial charge in [0.2, 0.25) is 0 Å². The maximum absolute atomic E-state index is 5.21. The zero-order valence-corrected chi connectivity index (χ0v) is 15.9. The third-order valence-corrected chi connectivity index (χ3v) is 3.47. The van der Waals surface area contributed by atoms with E-state index < -0.39 is 0 Å². The van der Waals surface area contributed by atoms with Crippen molar-refractivity contribution in [1.29, 1.82) is 0 Å². The summed E-state index contributed by atoms with van der Waals surface area (Å²) in [6.07, 6.45) is 7.11. The molecule has 130 valence electrons. The van der Waals surface area contributed by atoms with Crippen LogP contribution < -0.4 is 4.74 Å². The lowest BCUT2D eigenvalue weighted by Gasteiger charge is -2.18. The highest BCUT2D eigenvalue weighted by atomic mass is 16.5. The van der Waals surface area contributed by atoms with E-state index >= 15 is 0 Å². The van der Waals surface area contributed by atoms with Crippen LogP contribution in [0.2, 0.25) is 0 Å². The van der Waals surface area contributed by atoms with Crippen molar-refractivity contribution in [2.45, 2.75) is 53.4 Å². The predicted octanol–water partition coefficient (Wildman–Crippen LogP) is 6.91. The van der Waals surface area contributed by atoms with Gasteiger partial charge >= 0.3 is 0 Å². The highest BCUT2D eigenvalue weighted by Crippen LogP contribution is 2.32. The first-order chi connectivity index (χ1) is 11.7. The van der Waals surface area contributed by atoms with Gasteiger partial charge in [-0.15, -0.1) is 0 Å². The Balaban J connectivity index is 0.000000423. The van der Waals surface area contributed by atoms with Crippen LogP contribution in [0.4, 0.5) is 0 Å². The van der Waals surface area contributed by atoms with Crippen LogP contribution in [-0.2, 0) is 6.42 Å². The third kappa shape index (κ3) is 5.88. The molecule has 0 aliphatic heterocycles. The van der Waals surface area contributed by atoms with Crippen molar-refractivity contribution in [3.8, 4) is 5.75 Å². The van der Waals surface area contributed by atoms with Gasteiger partial charge in [-0.2, -0.15) is 0 Å². The fourth-order valence-corrected chi connectivity index (χ4v) is 2.53. The highest BCUT2D eigenvalue weighted by molar-refractivity contribution is 5.82. The van der Waals surface area contributed by atoms with Crippen LogP contribution in [0.5, 0.6) is 5.75 Å². The van der Waals surface area contributed by atoms with Gasteiger partial charge in [0.25, 0.3) is 0 Å². The van der Waals surface area contributed by atoms with Crippen LogP contribution >= 0.6 is 0 Å². The molecule has 0 heterocycles. The number of ether oxygens (including phenoxy) is 1. The van der Waals surface area contributed by atoms with E-state index in [1.54, 1.807) is 7.11 Å². The molecule has 24 heavy (non-hydrogen) atoms. The Morgan fingerprint density at radius 1 is 0.833 bits per heavy atom. The largest absolute Gasteiger partial charge is 0.497 e. The van der Waals surface area contributed by atoms with Gasteiger partial charge in [-0.25, -0.2) is 0 Å². The van der Waals surface area contributed by atoms with E-state index in [2.05, 4.69) is 70.2 Å². The summed E-state index contributed by atoms with van der Waals surface area (Å²) in [5, 5.41) is 0. The molecule has 0 saturated heterocycles. The average molecular weight is 325 g/mol. The van der Waals surface area contributed by atoms with Gasteiger partial charge in [0.05, 0.1) is 7.11 Å². The molecule has 2 aromatic rings. The lowest BCUT2D eigenvalue weighted by atomic mass is 9.87. The SMILES string of the molecule is CCC.CCC.COc1ccc(C2=CCCc3ccccc32)cc1. The van der Waals surface area contributed by atoms with Gasteiger partial charge in [0.15, 0.2) is 0 Å². The lowest BCUT2D eigenvalue weighted by Crippen LogP contribution is -2.00. The molecule has 0 bridgehead atoms. The van der Waals surface area contributed by atoms with Crippen molar-refractivity contribution in [1.82, 2.24) is 0 Å². The predicted molar refractivity (Wildman–Crippen MR) is 107 cm³/mol. The van der Waals surface area contributed by atoms with Crippen molar-refractivity contribution in [2.75, 3.05) is 7.11 Å². The molecule has 0 fully saturated rings. The summed E-state index contributed by atoms with van der Waals surface area (Å²) >= 11 is 0. The fourth-order valence-electron chi connectivity index (χ4n) is 2.53. The number of methoxy groups -OCH3 is 1. The molecule has 2 aromatic carbocycles. The summed E-state index contributed by atoms with van der Waals surface area (Å²) in [7, 11) is 1.70. The number of hydrogen-bond donors (Lipinski definition) is 0. The van der Waals surface area contributed by atoms with E-state index in [9.17, 15) is 0 Å². The number of benzene rings is 2. The summed E-state index contributed by atoms with van der Waals surface area (Å²) in [5.74, 6) is 0.906. The van der Waals surface area contributed by atoms with Crippen LogP contribution in [0.15, 0.2) is 54.6 Å². The summed E-state index contributed by atoms with van der Waals surface area (Å²) in [6, 6.07) is 17.0. The Labute approximate surface area is 148 Å². The minimum atomic E-state index is 0.906. The Kier molecular flexibility index (Phi) is 9.60. The summed E-state index contributed by atoms with van der Waals surface area (Å²) in [4.78, 5) is 0. The van der Waals surface area contributed by atoms with E-state index in [0.29, 0.717) is 0 Å². The van der Waals surface area contributed by atoms with Crippen molar-refractivity contribution >= 4 is 5.57 Å². The Morgan fingerprint density at radius 2 is 1.42 bits per heavy atom. The number of aryl methyl sites for hydroxylation is 1. The second kappa shape index (κ2) is 11.5. The Bertz CT molecular complexity index is 606. The van der Waals surface area contributed by atoms with E-state index in [-0.39, 0.29) is 0 Å². The van der Waals surface area contributed by atoms with Gasteiger partial charge in [0.1, 0.15) is 5.75 Å². The molecule has 3 rings (SSSR count). The van der Waals surface area contributed by atoms with Gasteiger partial charge in [-0.05, 0) is 47.2 Å². The first kappa shape index (κ1) is 20.0. The molecule has 1 aliphatic carbocycles. The van der Waals surface area contributed by atoms with Crippen LogP contribution in [0.1, 0.15) is 63.6 Å². The Morgan fingerprint density at radius 3 is 2.00 bits per heavy atom. The summed E-state index contributed by atoms with van der Waals surface area (Å²) < 4.78 is 5.21. The number of rotatable bonds is 2. The van der Waals surface area contributed by atoms with E-state index in [1.807, 2.05) is 12.1 Å². The van der Waals surface area contributed by atoms with Crippen molar-refractivity contribution in [3.63, 3.8) is 0 Å². The van der Waals surface area contributed by atoms with Gasteiger partial charge < -0.3 is 4.74 Å². The topological polar surface area (TPSA) is 9.23 Å². The van der Waals surface area contributed by atoms with Crippen LogP contribution in [0, 0.1) is 0 Å². The van der Waals surface area contributed by atoms with Gasteiger partial charge in [0, 0.05) is 0 Å². The number of fused-ring (bicyclic) bond motifs is 1. The quantitative estimate of drug-likeness (QED) is 0.583. The zero-order chi connectivity index (χ0) is 17.8. The minimum Gasteiger partial charge on any atom is -0.497 e. The molecule has 0 atom stereocenters. The molecular formula is C23H32O. The molecular weight excluding hydrogens is 292 g/mol. The average Bonchev–Trinajstić information content (AvgIpc) is 2.63. The molecule has 1 heteroatoms. The van der Waals surface area contributed by atoms with Gasteiger partial charge in [-0.1, -0.05) is 83.0 Å². The first-order valence-corrected chi connectivity index (χ1v) is 9.14. The smallest absolute Gasteiger partial charge is 0.118 e. The molecule has 0 unspecified atom stereocenters.